The van der Waals surface area contributed by atoms with E-state index in [2.05, 4.69) is 0 Å². The van der Waals surface area contributed by atoms with Gasteiger partial charge in [0.15, 0.2) is 12.2 Å². The van der Waals surface area contributed by atoms with Crippen molar-refractivity contribution in [1.82, 2.24) is 0 Å². The van der Waals surface area contributed by atoms with E-state index in [0.717, 1.165) is 51.4 Å². The third kappa shape index (κ3) is 4.44. The van der Waals surface area contributed by atoms with Gasteiger partial charge in [-0.05, 0) is 51.4 Å². The highest BCUT2D eigenvalue weighted by Gasteiger charge is 2.44. The van der Waals surface area contributed by atoms with E-state index in [1.807, 2.05) is 0 Å². The Hall–Kier alpha value is -1.14. The summed E-state index contributed by atoms with van der Waals surface area (Å²) in [5.41, 5.74) is 0. The summed E-state index contributed by atoms with van der Waals surface area (Å²) in [4.78, 5) is 24.6. The van der Waals surface area contributed by atoms with E-state index in [0.29, 0.717) is 0 Å². The normalized spacial score (nSPS) is 30.1. The zero-order valence-electron chi connectivity index (χ0n) is 13.5. The van der Waals surface area contributed by atoms with E-state index in [9.17, 15) is 9.59 Å². The molecule has 23 heavy (non-hydrogen) atoms. The van der Waals surface area contributed by atoms with Crippen molar-refractivity contribution >= 4 is 11.9 Å². The Balaban J connectivity index is 1.51. The fraction of sp³-hybridized carbons (Fsp3) is 0.882. The second-order valence-corrected chi connectivity index (χ2v) is 6.69. The van der Waals surface area contributed by atoms with Crippen molar-refractivity contribution in [3.8, 4) is 0 Å². The fourth-order valence-electron chi connectivity index (χ4n) is 3.57. The van der Waals surface area contributed by atoms with Gasteiger partial charge in [-0.1, -0.05) is 12.8 Å². The van der Waals surface area contributed by atoms with Gasteiger partial charge in [0, 0.05) is 0 Å². The molecule has 6 heteroatoms. The molecule has 0 aromatic carbocycles. The van der Waals surface area contributed by atoms with Gasteiger partial charge in [0.05, 0.1) is 0 Å². The molecule has 0 amide bonds. The van der Waals surface area contributed by atoms with Gasteiger partial charge in [0.2, 0.25) is 0 Å². The quantitative estimate of drug-likeness (QED) is 0.739. The van der Waals surface area contributed by atoms with E-state index >= 15 is 0 Å². The average Bonchev–Trinajstić information content (AvgIpc) is 3.06. The molecule has 0 bridgehead atoms. The molecule has 130 valence electrons. The molecular formula is C17H26O6. The number of carbonyl (C=O) groups is 2. The second kappa shape index (κ2) is 8.11. The molecule has 1 aliphatic heterocycles. The smallest absolute Gasteiger partial charge is 0.339 e. The zero-order valence-corrected chi connectivity index (χ0v) is 13.5. The van der Waals surface area contributed by atoms with Crippen LogP contribution in [0.1, 0.15) is 64.2 Å². The summed E-state index contributed by atoms with van der Waals surface area (Å²) in [6, 6.07) is 0. The van der Waals surface area contributed by atoms with Crippen LogP contribution in [0.15, 0.2) is 0 Å². The Labute approximate surface area is 136 Å². The second-order valence-electron chi connectivity index (χ2n) is 6.69. The Morgan fingerprint density at radius 3 is 1.43 bits per heavy atom. The van der Waals surface area contributed by atoms with Crippen molar-refractivity contribution in [3.05, 3.63) is 0 Å². The first kappa shape index (κ1) is 16.7. The summed E-state index contributed by atoms with van der Waals surface area (Å²) >= 11 is 0. The lowest BCUT2D eigenvalue weighted by Gasteiger charge is -2.25. The molecule has 3 rings (SSSR count). The molecule has 0 N–H and O–H groups in total. The van der Waals surface area contributed by atoms with Crippen molar-refractivity contribution in [2.24, 2.45) is 0 Å². The van der Waals surface area contributed by atoms with E-state index in [-0.39, 0.29) is 19.0 Å². The van der Waals surface area contributed by atoms with Crippen molar-refractivity contribution in [2.45, 2.75) is 88.6 Å². The predicted octanol–water partition coefficient (Wildman–Crippen LogP) is 2.48. The highest BCUT2D eigenvalue weighted by Crippen LogP contribution is 2.25. The lowest BCUT2D eigenvalue weighted by molar-refractivity contribution is -0.170. The maximum atomic E-state index is 12.3. The summed E-state index contributed by atoms with van der Waals surface area (Å²) in [6.07, 6.45) is 8.12. The standard InChI is InChI=1S/C17H26O6/c18-16(22-12-7-3-1-4-8-12)14-15(21-11-20-14)17(19)23-13-9-5-2-6-10-13/h12-15H,1-11H2. The zero-order chi connectivity index (χ0) is 16.1. The summed E-state index contributed by atoms with van der Waals surface area (Å²) < 4.78 is 21.6. The Bertz CT molecular complexity index is 373. The summed E-state index contributed by atoms with van der Waals surface area (Å²) in [7, 11) is 0. The molecule has 0 aromatic heterocycles. The van der Waals surface area contributed by atoms with Gasteiger partial charge >= 0.3 is 11.9 Å². The Morgan fingerprint density at radius 1 is 0.652 bits per heavy atom. The van der Waals surface area contributed by atoms with Crippen molar-refractivity contribution in [2.75, 3.05) is 6.79 Å². The molecule has 2 atom stereocenters. The molecule has 0 spiro atoms. The van der Waals surface area contributed by atoms with Gasteiger partial charge in [0.25, 0.3) is 0 Å². The molecule has 3 fully saturated rings. The number of ether oxygens (including phenoxy) is 4. The number of esters is 2. The SMILES string of the molecule is O=C(OC1CCCCC1)C1OCOC1C(=O)OC1CCCCC1. The highest BCUT2D eigenvalue weighted by atomic mass is 16.7. The van der Waals surface area contributed by atoms with Gasteiger partial charge in [-0.3, -0.25) is 0 Å². The van der Waals surface area contributed by atoms with Crippen LogP contribution in [0.3, 0.4) is 0 Å². The maximum Gasteiger partial charge on any atom is 0.339 e. The van der Waals surface area contributed by atoms with Gasteiger partial charge in [-0.15, -0.1) is 0 Å². The summed E-state index contributed by atoms with van der Waals surface area (Å²) in [6.45, 7) is -0.0745. The number of rotatable bonds is 4. The summed E-state index contributed by atoms with van der Waals surface area (Å²) in [5, 5.41) is 0. The minimum absolute atomic E-state index is 0.0598. The van der Waals surface area contributed by atoms with E-state index < -0.39 is 24.1 Å². The molecular weight excluding hydrogens is 300 g/mol. The molecule has 3 aliphatic rings. The third-order valence-electron chi connectivity index (χ3n) is 4.90. The van der Waals surface area contributed by atoms with Crippen LogP contribution in [-0.4, -0.2) is 43.1 Å². The molecule has 2 saturated carbocycles. The molecule has 2 unspecified atom stereocenters. The minimum Gasteiger partial charge on any atom is -0.460 e. The van der Waals surface area contributed by atoms with Crippen LogP contribution in [0.5, 0.6) is 0 Å². The van der Waals surface area contributed by atoms with Gasteiger partial charge < -0.3 is 18.9 Å². The van der Waals surface area contributed by atoms with Gasteiger partial charge in [-0.2, -0.15) is 0 Å². The lowest BCUT2D eigenvalue weighted by Crippen LogP contribution is -2.42. The van der Waals surface area contributed by atoms with Crippen molar-refractivity contribution in [1.29, 1.82) is 0 Å². The van der Waals surface area contributed by atoms with Crippen LogP contribution in [-0.2, 0) is 28.5 Å². The molecule has 6 nitrogen and oxygen atoms in total. The van der Waals surface area contributed by atoms with Crippen molar-refractivity contribution < 1.29 is 28.5 Å². The molecule has 0 radical (unpaired) electrons. The van der Waals surface area contributed by atoms with E-state index in [1.54, 1.807) is 0 Å². The van der Waals surface area contributed by atoms with Crippen LogP contribution in [0.25, 0.3) is 0 Å². The fourth-order valence-corrected chi connectivity index (χ4v) is 3.57. The average molecular weight is 326 g/mol. The molecule has 0 aromatic rings. The topological polar surface area (TPSA) is 71.1 Å². The third-order valence-corrected chi connectivity index (χ3v) is 4.90. The lowest BCUT2D eigenvalue weighted by atomic mass is 9.97. The highest BCUT2D eigenvalue weighted by molar-refractivity contribution is 5.86. The maximum absolute atomic E-state index is 12.3. The van der Waals surface area contributed by atoms with E-state index in [1.165, 1.54) is 12.8 Å². The van der Waals surface area contributed by atoms with Crippen LogP contribution >= 0.6 is 0 Å². The Morgan fingerprint density at radius 2 is 1.04 bits per heavy atom. The predicted molar refractivity (Wildman–Crippen MR) is 80.5 cm³/mol. The number of carbonyl (C=O) groups excluding carboxylic acids is 2. The van der Waals surface area contributed by atoms with Crippen molar-refractivity contribution in [3.63, 3.8) is 0 Å². The van der Waals surface area contributed by atoms with Gasteiger partial charge in [0.1, 0.15) is 19.0 Å². The molecule has 2 aliphatic carbocycles. The van der Waals surface area contributed by atoms with Crippen LogP contribution in [0.4, 0.5) is 0 Å². The largest absolute Gasteiger partial charge is 0.460 e. The monoisotopic (exact) mass is 326 g/mol. The van der Waals surface area contributed by atoms with Gasteiger partial charge in [-0.25, -0.2) is 9.59 Å². The number of hydrogen-bond acceptors (Lipinski definition) is 6. The van der Waals surface area contributed by atoms with Crippen LogP contribution in [0.2, 0.25) is 0 Å². The molecule has 1 heterocycles. The minimum atomic E-state index is -0.993. The number of hydrogen-bond donors (Lipinski definition) is 0. The Kier molecular flexibility index (Phi) is 5.89. The van der Waals surface area contributed by atoms with Crippen LogP contribution < -0.4 is 0 Å². The first-order valence-corrected chi connectivity index (χ1v) is 8.88. The van der Waals surface area contributed by atoms with Crippen LogP contribution in [0, 0.1) is 0 Å². The first-order valence-electron chi connectivity index (χ1n) is 8.88. The molecule has 1 saturated heterocycles. The summed E-state index contributed by atoms with van der Waals surface area (Å²) in [5.74, 6) is -1.00. The van der Waals surface area contributed by atoms with E-state index in [4.69, 9.17) is 18.9 Å². The first-order chi connectivity index (χ1) is 11.2.